The standard InChI is InChI=1S/C12H16ClNO3/c1-12(2,11(15)16)14-6-7-17-10-5-3-4-9(13)8-10/h3-5,8,14H,6-7H2,1-2H3,(H,15,16). The van der Waals surface area contributed by atoms with Crippen LogP contribution in [0, 0.1) is 0 Å². The van der Waals surface area contributed by atoms with E-state index in [-0.39, 0.29) is 0 Å². The van der Waals surface area contributed by atoms with Crippen LogP contribution in [-0.2, 0) is 4.79 Å². The van der Waals surface area contributed by atoms with Gasteiger partial charge in [0.15, 0.2) is 0 Å². The maximum absolute atomic E-state index is 10.8. The lowest BCUT2D eigenvalue weighted by molar-refractivity contribution is -0.143. The molecule has 0 amide bonds. The quantitative estimate of drug-likeness (QED) is 0.767. The van der Waals surface area contributed by atoms with Crippen molar-refractivity contribution in [1.29, 1.82) is 0 Å². The molecular formula is C12H16ClNO3. The molecule has 5 heteroatoms. The first kappa shape index (κ1) is 13.8. The topological polar surface area (TPSA) is 58.6 Å². The SMILES string of the molecule is CC(C)(NCCOc1cccc(Cl)c1)C(=O)O. The molecule has 0 unspecified atom stereocenters. The van der Waals surface area contributed by atoms with E-state index in [2.05, 4.69) is 5.32 Å². The minimum Gasteiger partial charge on any atom is -0.492 e. The van der Waals surface area contributed by atoms with Crippen molar-refractivity contribution in [2.45, 2.75) is 19.4 Å². The molecule has 1 rings (SSSR count). The van der Waals surface area contributed by atoms with Crippen molar-refractivity contribution in [1.82, 2.24) is 5.32 Å². The lowest BCUT2D eigenvalue weighted by atomic mass is 10.1. The predicted molar refractivity (Wildman–Crippen MR) is 66.7 cm³/mol. The molecule has 17 heavy (non-hydrogen) atoms. The van der Waals surface area contributed by atoms with Gasteiger partial charge in [0.05, 0.1) is 0 Å². The maximum atomic E-state index is 10.8. The van der Waals surface area contributed by atoms with Crippen LogP contribution < -0.4 is 10.1 Å². The van der Waals surface area contributed by atoms with Crippen LogP contribution in [0.5, 0.6) is 5.75 Å². The van der Waals surface area contributed by atoms with Crippen LogP contribution in [0.25, 0.3) is 0 Å². The largest absolute Gasteiger partial charge is 0.492 e. The lowest BCUT2D eigenvalue weighted by Crippen LogP contribution is -2.48. The van der Waals surface area contributed by atoms with E-state index in [1.54, 1.807) is 38.1 Å². The Bertz CT molecular complexity index is 393. The Morgan fingerprint density at radius 2 is 2.24 bits per heavy atom. The Morgan fingerprint density at radius 3 is 2.82 bits per heavy atom. The third kappa shape index (κ3) is 4.63. The molecule has 0 aliphatic carbocycles. The summed E-state index contributed by atoms with van der Waals surface area (Å²) in [5, 5.41) is 12.4. The van der Waals surface area contributed by atoms with Gasteiger partial charge in [0.2, 0.25) is 0 Å². The number of carboxylic acid groups (broad SMARTS) is 1. The zero-order chi connectivity index (χ0) is 12.9. The van der Waals surface area contributed by atoms with Gasteiger partial charge in [-0.15, -0.1) is 0 Å². The highest BCUT2D eigenvalue weighted by Crippen LogP contribution is 2.16. The minimum absolute atomic E-state index is 0.386. The van der Waals surface area contributed by atoms with Gasteiger partial charge in [-0.1, -0.05) is 17.7 Å². The minimum atomic E-state index is -0.947. The Balaban J connectivity index is 2.32. The van der Waals surface area contributed by atoms with Crippen molar-refractivity contribution in [3.63, 3.8) is 0 Å². The number of hydrogen-bond acceptors (Lipinski definition) is 3. The average Bonchev–Trinajstić information content (AvgIpc) is 2.24. The Morgan fingerprint density at radius 1 is 1.53 bits per heavy atom. The van der Waals surface area contributed by atoms with E-state index in [1.807, 2.05) is 0 Å². The van der Waals surface area contributed by atoms with Crippen LogP contribution >= 0.6 is 11.6 Å². The number of rotatable bonds is 6. The Kier molecular flexibility index (Phi) is 4.78. The number of ether oxygens (including phenoxy) is 1. The monoisotopic (exact) mass is 257 g/mol. The number of benzene rings is 1. The molecule has 0 aliphatic rings. The van der Waals surface area contributed by atoms with Gasteiger partial charge in [0.25, 0.3) is 0 Å². The summed E-state index contributed by atoms with van der Waals surface area (Å²) in [5.74, 6) is -0.215. The summed E-state index contributed by atoms with van der Waals surface area (Å²) >= 11 is 5.80. The van der Waals surface area contributed by atoms with Crippen molar-refractivity contribution in [3.05, 3.63) is 29.3 Å². The van der Waals surface area contributed by atoms with E-state index in [9.17, 15) is 4.79 Å². The third-order valence-corrected chi connectivity index (χ3v) is 2.50. The van der Waals surface area contributed by atoms with Crippen LogP contribution in [-0.4, -0.2) is 29.8 Å². The highest BCUT2D eigenvalue weighted by Gasteiger charge is 2.25. The highest BCUT2D eigenvalue weighted by molar-refractivity contribution is 6.30. The van der Waals surface area contributed by atoms with Gasteiger partial charge >= 0.3 is 5.97 Å². The number of hydrogen-bond donors (Lipinski definition) is 2. The number of nitrogens with one attached hydrogen (secondary N) is 1. The molecule has 94 valence electrons. The van der Waals surface area contributed by atoms with Crippen molar-refractivity contribution in [2.75, 3.05) is 13.2 Å². The molecule has 2 N–H and O–H groups in total. The number of halogens is 1. The molecule has 1 aromatic rings. The van der Waals surface area contributed by atoms with E-state index < -0.39 is 11.5 Å². The summed E-state index contributed by atoms with van der Waals surface area (Å²) in [4.78, 5) is 10.8. The molecular weight excluding hydrogens is 242 g/mol. The molecule has 4 nitrogen and oxygen atoms in total. The fraction of sp³-hybridized carbons (Fsp3) is 0.417. The van der Waals surface area contributed by atoms with Gasteiger partial charge in [-0.25, -0.2) is 0 Å². The Hall–Kier alpha value is -1.26. The summed E-state index contributed by atoms with van der Waals surface area (Å²) in [7, 11) is 0. The van der Waals surface area contributed by atoms with Crippen molar-refractivity contribution in [2.24, 2.45) is 0 Å². The average molecular weight is 258 g/mol. The van der Waals surface area contributed by atoms with Gasteiger partial charge in [-0.2, -0.15) is 0 Å². The predicted octanol–water partition coefficient (Wildman–Crippen LogP) is 2.17. The number of carboxylic acids is 1. The second-order valence-corrected chi connectivity index (χ2v) is 4.60. The molecule has 0 aromatic heterocycles. The molecule has 0 saturated carbocycles. The van der Waals surface area contributed by atoms with E-state index in [1.165, 1.54) is 0 Å². The van der Waals surface area contributed by atoms with Crippen molar-refractivity contribution < 1.29 is 14.6 Å². The van der Waals surface area contributed by atoms with Crippen LogP contribution in [0.2, 0.25) is 5.02 Å². The van der Waals surface area contributed by atoms with Gasteiger partial charge in [0, 0.05) is 11.6 Å². The summed E-state index contributed by atoms with van der Waals surface area (Å²) in [5.41, 5.74) is -0.947. The molecule has 0 bridgehead atoms. The maximum Gasteiger partial charge on any atom is 0.323 e. The molecule has 0 atom stereocenters. The smallest absolute Gasteiger partial charge is 0.323 e. The summed E-state index contributed by atoms with van der Waals surface area (Å²) < 4.78 is 5.42. The molecule has 0 radical (unpaired) electrons. The van der Waals surface area contributed by atoms with Gasteiger partial charge in [-0.3, -0.25) is 10.1 Å². The van der Waals surface area contributed by atoms with Crippen molar-refractivity contribution in [3.8, 4) is 5.75 Å². The molecule has 1 aromatic carbocycles. The van der Waals surface area contributed by atoms with Crippen LogP contribution in [0.3, 0.4) is 0 Å². The van der Waals surface area contributed by atoms with E-state index >= 15 is 0 Å². The van der Waals surface area contributed by atoms with Crippen LogP contribution in [0.4, 0.5) is 0 Å². The number of carbonyl (C=O) groups is 1. The second kappa shape index (κ2) is 5.89. The first-order valence-corrected chi connectivity index (χ1v) is 5.66. The zero-order valence-corrected chi connectivity index (χ0v) is 10.6. The van der Waals surface area contributed by atoms with Gasteiger partial charge < -0.3 is 9.84 Å². The third-order valence-electron chi connectivity index (χ3n) is 2.27. The van der Waals surface area contributed by atoms with E-state index in [0.717, 1.165) is 0 Å². The molecule has 0 fully saturated rings. The van der Waals surface area contributed by atoms with Gasteiger partial charge in [-0.05, 0) is 32.0 Å². The number of aliphatic carboxylic acids is 1. The van der Waals surface area contributed by atoms with Crippen molar-refractivity contribution >= 4 is 17.6 Å². The first-order valence-electron chi connectivity index (χ1n) is 5.28. The molecule has 0 heterocycles. The Labute approximate surface area is 106 Å². The fourth-order valence-corrected chi connectivity index (χ4v) is 1.35. The normalized spacial score (nSPS) is 11.2. The van der Waals surface area contributed by atoms with Crippen LogP contribution in [0.15, 0.2) is 24.3 Å². The van der Waals surface area contributed by atoms with Crippen LogP contribution in [0.1, 0.15) is 13.8 Å². The fourth-order valence-electron chi connectivity index (χ4n) is 1.16. The summed E-state index contributed by atoms with van der Waals surface area (Å²) in [6.07, 6.45) is 0. The zero-order valence-electron chi connectivity index (χ0n) is 9.87. The molecule has 0 saturated heterocycles. The first-order chi connectivity index (χ1) is 7.92. The lowest BCUT2D eigenvalue weighted by Gasteiger charge is -2.20. The summed E-state index contributed by atoms with van der Waals surface area (Å²) in [6, 6.07) is 7.07. The molecule has 0 spiro atoms. The van der Waals surface area contributed by atoms with E-state index in [4.69, 9.17) is 21.4 Å². The second-order valence-electron chi connectivity index (χ2n) is 4.16. The van der Waals surface area contributed by atoms with E-state index in [0.29, 0.717) is 23.9 Å². The molecule has 0 aliphatic heterocycles. The summed E-state index contributed by atoms with van der Waals surface area (Å²) in [6.45, 7) is 4.05. The highest BCUT2D eigenvalue weighted by atomic mass is 35.5. The van der Waals surface area contributed by atoms with Gasteiger partial charge in [0.1, 0.15) is 17.9 Å².